The van der Waals surface area contributed by atoms with Crippen molar-refractivity contribution in [3.05, 3.63) is 0 Å². The van der Waals surface area contributed by atoms with Crippen LogP contribution in [0.2, 0.25) is 0 Å². The lowest BCUT2D eigenvalue weighted by molar-refractivity contribution is -0.151. The number of esters is 1. The summed E-state index contributed by atoms with van der Waals surface area (Å²) in [5.41, 5.74) is 5.69. The molecule has 0 aromatic rings. The monoisotopic (exact) mass is 258 g/mol. The van der Waals surface area contributed by atoms with E-state index in [-0.39, 0.29) is 18.1 Å². The fourth-order valence-electron chi connectivity index (χ4n) is 2.41. The molecule has 2 atom stereocenters. The molecule has 2 unspecified atom stereocenters. The summed E-state index contributed by atoms with van der Waals surface area (Å²) in [6.07, 6.45) is 3.09. The third-order valence-electron chi connectivity index (χ3n) is 3.28. The lowest BCUT2D eigenvalue weighted by atomic mass is 10.0. The summed E-state index contributed by atoms with van der Waals surface area (Å²) in [6.45, 7) is 7.02. The molecule has 2 N–H and O–H groups in total. The summed E-state index contributed by atoms with van der Waals surface area (Å²) >= 11 is 0. The van der Waals surface area contributed by atoms with E-state index in [1.807, 2.05) is 13.8 Å². The summed E-state index contributed by atoms with van der Waals surface area (Å²) in [5, 5.41) is 0. The highest BCUT2D eigenvalue weighted by Crippen LogP contribution is 2.18. The Hall–Kier alpha value is -0.650. The predicted octanol–water partition coefficient (Wildman–Crippen LogP) is 0.768. The van der Waals surface area contributed by atoms with E-state index in [2.05, 4.69) is 4.90 Å². The number of hydrogen-bond acceptors (Lipinski definition) is 5. The molecule has 0 bridgehead atoms. The van der Waals surface area contributed by atoms with E-state index in [4.69, 9.17) is 15.2 Å². The summed E-state index contributed by atoms with van der Waals surface area (Å²) < 4.78 is 10.7. The van der Waals surface area contributed by atoms with Gasteiger partial charge in [0.25, 0.3) is 0 Å². The Kier molecular flexibility index (Phi) is 7.23. The molecule has 0 saturated carbocycles. The maximum atomic E-state index is 11.9. The molecule has 0 radical (unpaired) electrons. The summed E-state index contributed by atoms with van der Waals surface area (Å²) in [7, 11) is 0. The first-order valence-corrected chi connectivity index (χ1v) is 6.95. The Morgan fingerprint density at radius 2 is 2.17 bits per heavy atom. The van der Waals surface area contributed by atoms with Gasteiger partial charge in [0.05, 0.1) is 12.7 Å². The molecular weight excluding hydrogens is 232 g/mol. The van der Waals surface area contributed by atoms with Crippen LogP contribution in [0.4, 0.5) is 0 Å². The van der Waals surface area contributed by atoms with Gasteiger partial charge in [-0.25, -0.2) is 0 Å². The van der Waals surface area contributed by atoms with E-state index >= 15 is 0 Å². The minimum Gasteiger partial charge on any atom is -0.465 e. The lowest BCUT2D eigenvalue weighted by Gasteiger charge is -2.35. The summed E-state index contributed by atoms with van der Waals surface area (Å²) in [6, 6.07) is -0.117. The van der Waals surface area contributed by atoms with Crippen molar-refractivity contribution in [1.82, 2.24) is 4.90 Å². The molecule has 0 aliphatic carbocycles. The second kappa shape index (κ2) is 8.45. The van der Waals surface area contributed by atoms with E-state index in [0.29, 0.717) is 26.3 Å². The van der Waals surface area contributed by atoms with Crippen LogP contribution >= 0.6 is 0 Å². The molecule has 1 aliphatic rings. The third kappa shape index (κ3) is 4.55. The Bertz CT molecular complexity index is 248. The van der Waals surface area contributed by atoms with Gasteiger partial charge in [-0.1, -0.05) is 6.42 Å². The van der Waals surface area contributed by atoms with Gasteiger partial charge in [0.2, 0.25) is 0 Å². The highest BCUT2D eigenvalue weighted by atomic mass is 16.5. The Morgan fingerprint density at radius 3 is 2.78 bits per heavy atom. The number of hydrogen-bond donors (Lipinski definition) is 1. The predicted molar refractivity (Wildman–Crippen MR) is 70.3 cm³/mol. The molecule has 1 fully saturated rings. The molecule has 1 aliphatic heterocycles. The second-order valence-corrected chi connectivity index (χ2v) is 4.57. The second-order valence-electron chi connectivity index (χ2n) is 4.57. The molecule has 18 heavy (non-hydrogen) atoms. The van der Waals surface area contributed by atoms with Crippen LogP contribution in [0.25, 0.3) is 0 Å². The lowest BCUT2D eigenvalue weighted by Crippen LogP contribution is -2.50. The number of nitrogens with zero attached hydrogens (tertiary/aromatic N) is 1. The van der Waals surface area contributed by atoms with Crippen LogP contribution < -0.4 is 5.73 Å². The third-order valence-corrected chi connectivity index (χ3v) is 3.28. The first kappa shape index (κ1) is 15.4. The van der Waals surface area contributed by atoms with Crippen molar-refractivity contribution in [2.75, 3.05) is 32.8 Å². The van der Waals surface area contributed by atoms with E-state index in [0.717, 1.165) is 25.8 Å². The molecule has 0 spiro atoms. The van der Waals surface area contributed by atoms with Gasteiger partial charge in [-0.15, -0.1) is 0 Å². The molecule has 1 rings (SSSR count). The number of likely N-dealkylation sites (tertiary alicyclic amines) is 1. The molecule has 5 heteroatoms. The normalized spacial score (nSPS) is 22.7. The number of piperidine rings is 1. The first-order chi connectivity index (χ1) is 8.72. The van der Waals surface area contributed by atoms with Crippen molar-refractivity contribution in [3.63, 3.8) is 0 Å². The minimum atomic E-state index is -0.117. The van der Waals surface area contributed by atoms with Crippen LogP contribution in [0, 0.1) is 0 Å². The zero-order chi connectivity index (χ0) is 13.4. The number of carbonyl (C=O) groups is 1. The van der Waals surface area contributed by atoms with Crippen LogP contribution in [-0.4, -0.2) is 55.9 Å². The summed E-state index contributed by atoms with van der Waals surface area (Å²) in [4.78, 5) is 14.1. The molecule has 0 amide bonds. The number of rotatable bonds is 7. The average molecular weight is 258 g/mol. The molecule has 0 aromatic heterocycles. The maximum absolute atomic E-state index is 11.9. The largest absolute Gasteiger partial charge is 0.465 e. The highest BCUT2D eigenvalue weighted by molar-refractivity contribution is 5.75. The van der Waals surface area contributed by atoms with E-state index in [1.54, 1.807) is 0 Å². The van der Waals surface area contributed by atoms with Crippen LogP contribution in [0.1, 0.15) is 33.1 Å². The van der Waals surface area contributed by atoms with Crippen LogP contribution in [0.3, 0.4) is 0 Å². The van der Waals surface area contributed by atoms with Gasteiger partial charge in [-0.3, -0.25) is 9.69 Å². The van der Waals surface area contributed by atoms with E-state index in [9.17, 15) is 4.79 Å². The minimum absolute atomic E-state index is 0.00465. The molecule has 0 aromatic carbocycles. The molecular formula is C13H26N2O3. The number of ether oxygens (including phenoxy) is 2. The van der Waals surface area contributed by atoms with Crippen molar-refractivity contribution in [1.29, 1.82) is 0 Å². The van der Waals surface area contributed by atoms with Crippen LogP contribution in [0.5, 0.6) is 0 Å². The summed E-state index contributed by atoms with van der Waals surface area (Å²) in [5.74, 6) is -0.107. The van der Waals surface area contributed by atoms with Gasteiger partial charge in [0.1, 0.15) is 6.04 Å². The van der Waals surface area contributed by atoms with Crippen LogP contribution in [0.15, 0.2) is 0 Å². The maximum Gasteiger partial charge on any atom is 0.323 e. The van der Waals surface area contributed by atoms with Gasteiger partial charge in [0.15, 0.2) is 0 Å². The van der Waals surface area contributed by atoms with Crippen molar-refractivity contribution in [2.45, 2.75) is 45.3 Å². The molecule has 5 nitrogen and oxygen atoms in total. The van der Waals surface area contributed by atoms with Gasteiger partial charge in [-0.2, -0.15) is 0 Å². The Labute approximate surface area is 110 Å². The molecule has 1 heterocycles. The highest BCUT2D eigenvalue weighted by Gasteiger charge is 2.31. The smallest absolute Gasteiger partial charge is 0.323 e. The van der Waals surface area contributed by atoms with Crippen LogP contribution in [-0.2, 0) is 14.3 Å². The number of carbonyl (C=O) groups excluding carboxylic acids is 1. The molecule has 106 valence electrons. The quantitative estimate of drug-likeness (QED) is 0.683. The standard InChI is InChI=1S/C13H26N2O3/c1-3-17-11(9-14)10-15-8-6-5-7-12(15)13(16)18-4-2/h11-12H,3-10,14H2,1-2H3. The Balaban J connectivity index is 2.55. The van der Waals surface area contributed by atoms with Gasteiger partial charge in [-0.05, 0) is 33.2 Å². The topological polar surface area (TPSA) is 64.8 Å². The van der Waals surface area contributed by atoms with Gasteiger partial charge in [0, 0.05) is 19.7 Å². The SMILES string of the molecule is CCOC(=O)C1CCCCN1CC(CN)OCC. The Morgan fingerprint density at radius 1 is 1.39 bits per heavy atom. The zero-order valence-electron chi connectivity index (χ0n) is 11.6. The average Bonchev–Trinajstić information content (AvgIpc) is 2.39. The fraction of sp³-hybridized carbons (Fsp3) is 0.923. The van der Waals surface area contributed by atoms with Crippen molar-refractivity contribution in [3.8, 4) is 0 Å². The van der Waals surface area contributed by atoms with Gasteiger partial charge < -0.3 is 15.2 Å². The van der Waals surface area contributed by atoms with Gasteiger partial charge >= 0.3 is 5.97 Å². The fourth-order valence-corrected chi connectivity index (χ4v) is 2.41. The molecule has 1 saturated heterocycles. The number of nitrogens with two attached hydrogens (primary N) is 1. The van der Waals surface area contributed by atoms with Crippen molar-refractivity contribution >= 4 is 5.97 Å². The van der Waals surface area contributed by atoms with E-state index < -0.39 is 0 Å². The zero-order valence-corrected chi connectivity index (χ0v) is 11.6. The van der Waals surface area contributed by atoms with E-state index in [1.165, 1.54) is 0 Å². The van der Waals surface area contributed by atoms with Crippen molar-refractivity contribution < 1.29 is 14.3 Å². The first-order valence-electron chi connectivity index (χ1n) is 6.95. The van der Waals surface area contributed by atoms with Crippen molar-refractivity contribution in [2.24, 2.45) is 5.73 Å².